The molecule has 0 aromatic heterocycles. The van der Waals surface area contributed by atoms with E-state index in [1.54, 1.807) is 21.3 Å². The highest BCUT2D eigenvalue weighted by Gasteiger charge is 2.07. The van der Waals surface area contributed by atoms with E-state index in [1.165, 1.54) is 0 Å². The summed E-state index contributed by atoms with van der Waals surface area (Å²) < 4.78 is 15.8. The zero-order chi connectivity index (χ0) is 21.3. The number of allylic oxidation sites excluding steroid dienone is 2. The first-order chi connectivity index (χ1) is 14.6. The van der Waals surface area contributed by atoms with Crippen molar-refractivity contribution in [3.8, 4) is 29.1 Å². The van der Waals surface area contributed by atoms with Crippen LogP contribution < -0.4 is 14.2 Å². The van der Waals surface area contributed by atoms with Crippen molar-refractivity contribution in [3.05, 3.63) is 108 Å². The number of hydrogen-bond acceptors (Lipinski definition) is 3. The van der Waals surface area contributed by atoms with Gasteiger partial charge in [0.05, 0.1) is 21.3 Å². The Kier molecular flexibility index (Phi) is 6.97. The molecule has 0 heterocycles. The molecule has 3 aromatic rings. The molecule has 0 fully saturated rings. The molecule has 0 spiro atoms. The van der Waals surface area contributed by atoms with E-state index >= 15 is 0 Å². The summed E-state index contributed by atoms with van der Waals surface area (Å²) in [5.74, 6) is 8.72. The zero-order valence-corrected chi connectivity index (χ0v) is 17.4. The average molecular weight is 396 g/mol. The lowest BCUT2D eigenvalue weighted by Crippen LogP contribution is -1.91. The largest absolute Gasteiger partial charge is 0.497 e. The maximum absolute atomic E-state index is 5.29. The quantitative estimate of drug-likeness (QED) is 0.392. The van der Waals surface area contributed by atoms with Gasteiger partial charge in [0.1, 0.15) is 17.2 Å². The molecular weight excluding hydrogens is 372 g/mol. The molecule has 3 nitrogen and oxygen atoms in total. The first-order valence-corrected chi connectivity index (χ1v) is 9.48. The third-order valence-corrected chi connectivity index (χ3v) is 4.58. The predicted molar refractivity (Wildman–Crippen MR) is 122 cm³/mol. The topological polar surface area (TPSA) is 27.7 Å². The van der Waals surface area contributed by atoms with E-state index in [2.05, 4.69) is 18.4 Å². The van der Waals surface area contributed by atoms with E-state index in [-0.39, 0.29) is 0 Å². The van der Waals surface area contributed by atoms with Crippen LogP contribution >= 0.6 is 0 Å². The van der Waals surface area contributed by atoms with Crippen molar-refractivity contribution >= 4 is 5.57 Å². The van der Waals surface area contributed by atoms with E-state index in [1.807, 2.05) is 78.9 Å². The molecule has 0 aliphatic heterocycles. The standard InChI is InChI=1S/C27H24O3/c1-20(5-6-21-7-13-24(28-2)14-8-21)19-27(22-9-15-25(29-3)16-10-22)23-11-17-26(30-4)18-12-23/h7-19H,1H2,2-4H3. The fourth-order valence-corrected chi connectivity index (χ4v) is 2.91. The number of rotatable bonds is 6. The Balaban J connectivity index is 1.94. The Morgan fingerprint density at radius 2 is 1.07 bits per heavy atom. The van der Waals surface area contributed by atoms with Crippen LogP contribution in [0.15, 0.2) is 91.0 Å². The number of methoxy groups -OCH3 is 3. The molecule has 0 bridgehead atoms. The third-order valence-electron chi connectivity index (χ3n) is 4.58. The molecule has 0 radical (unpaired) electrons. The van der Waals surface area contributed by atoms with Crippen LogP contribution in [0.1, 0.15) is 16.7 Å². The summed E-state index contributed by atoms with van der Waals surface area (Å²) in [6.07, 6.45) is 2.00. The Morgan fingerprint density at radius 1 is 0.667 bits per heavy atom. The molecule has 3 heteroatoms. The second kappa shape index (κ2) is 10.0. The maximum atomic E-state index is 5.29. The van der Waals surface area contributed by atoms with Gasteiger partial charge in [0.2, 0.25) is 0 Å². The Bertz CT molecular complexity index is 1030. The summed E-state index contributed by atoms with van der Waals surface area (Å²) >= 11 is 0. The highest BCUT2D eigenvalue weighted by molar-refractivity contribution is 5.82. The lowest BCUT2D eigenvalue weighted by Gasteiger charge is -2.10. The molecule has 0 saturated heterocycles. The third kappa shape index (κ3) is 5.33. The molecule has 0 amide bonds. The summed E-state index contributed by atoms with van der Waals surface area (Å²) in [6, 6.07) is 23.5. The minimum atomic E-state index is 0.715. The molecule has 30 heavy (non-hydrogen) atoms. The maximum Gasteiger partial charge on any atom is 0.118 e. The minimum absolute atomic E-state index is 0.715. The van der Waals surface area contributed by atoms with E-state index in [0.717, 1.165) is 39.5 Å². The lowest BCUT2D eigenvalue weighted by molar-refractivity contribution is 0.414. The second-order valence-corrected chi connectivity index (χ2v) is 6.52. The molecule has 3 rings (SSSR count). The van der Waals surface area contributed by atoms with Gasteiger partial charge in [0.15, 0.2) is 0 Å². The van der Waals surface area contributed by atoms with E-state index in [0.29, 0.717) is 5.57 Å². The summed E-state index contributed by atoms with van der Waals surface area (Å²) in [4.78, 5) is 0. The Hall–Kier alpha value is -3.90. The summed E-state index contributed by atoms with van der Waals surface area (Å²) in [5.41, 5.74) is 4.74. The van der Waals surface area contributed by atoms with Crippen molar-refractivity contribution in [1.29, 1.82) is 0 Å². The molecule has 0 saturated carbocycles. The molecule has 3 aromatic carbocycles. The van der Waals surface area contributed by atoms with E-state index in [4.69, 9.17) is 14.2 Å². The number of hydrogen-bond donors (Lipinski definition) is 0. The van der Waals surface area contributed by atoms with Gasteiger partial charge in [-0.15, -0.1) is 0 Å². The van der Waals surface area contributed by atoms with Crippen LogP contribution in [0.3, 0.4) is 0 Å². The molecule has 0 aliphatic carbocycles. The minimum Gasteiger partial charge on any atom is -0.497 e. The van der Waals surface area contributed by atoms with Gasteiger partial charge in [-0.1, -0.05) is 42.7 Å². The zero-order valence-electron chi connectivity index (χ0n) is 17.4. The number of ether oxygens (including phenoxy) is 3. The highest BCUT2D eigenvalue weighted by Crippen LogP contribution is 2.28. The molecular formula is C27H24O3. The van der Waals surface area contributed by atoms with Crippen LogP contribution in [0.25, 0.3) is 5.57 Å². The van der Waals surface area contributed by atoms with Crippen molar-refractivity contribution in [2.45, 2.75) is 0 Å². The molecule has 0 atom stereocenters. The SMILES string of the molecule is C=C(C#Cc1ccc(OC)cc1)C=C(c1ccc(OC)cc1)c1ccc(OC)cc1. The van der Waals surface area contributed by atoms with Crippen LogP contribution in [-0.4, -0.2) is 21.3 Å². The second-order valence-electron chi connectivity index (χ2n) is 6.52. The van der Waals surface area contributed by atoms with Crippen LogP contribution in [0, 0.1) is 11.8 Å². The fraction of sp³-hybridized carbons (Fsp3) is 0.111. The van der Waals surface area contributed by atoms with Gasteiger partial charge in [-0.25, -0.2) is 0 Å². The fourth-order valence-electron chi connectivity index (χ4n) is 2.91. The summed E-state index contributed by atoms with van der Waals surface area (Å²) in [7, 11) is 4.96. The van der Waals surface area contributed by atoms with Crippen LogP contribution in [0.2, 0.25) is 0 Å². The van der Waals surface area contributed by atoms with Gasteiger partial charge in [-0.3, -0.25) is 0 Å². The summed E-state index contributed by atoms with van der Waals surface area (Å²) in [5, 5.41) is 0. The number of benzene rings is 3. The van der Waals surface area contributed by atoms with Crippen LogP contribution in [-0.2, 0) is 0 Å². The first-order valence-electron chi connectivity index (χ1n) is 9.48. The van der Waals surface area contributed by atoms with Gasteiger partial charge in [-0.2, -0.15) is 0 Å². The molecule has 150 valence electrons. The van der Waals surface area contributed by atoms with Crippen molar-refractivity contribution in [1.82, 2.24) is 0 Å². The van der Waals surface area contributed by atoms with E-state index in [9.17, 15) is 0 Å². The van der Waals surface area contributed by atoms with Gasteiger partial charge < -0.3 is 14.2 Å². The first kappa shape index (κ1) is 20.8. The van der Waals surface area contributed by atoms with Crippen LogP contribution in [0.4, 0.5) is 0 Å². The smallest absolute Gasteiger partial charge is 0.118 e. The molecule has 0 N–H and O–H groups in total. The Labute approximate surface area is 178 Å². The monoisotopic (exact) mass is 396 g/mol. The summed E-state index contributed by atoms with van der Waals surface area (Å²) in [6.45, 7) is 4.14. The van der Waals surface area contributed by atoms with Crippen molar-refractivity contribution < 1.29 is 14.2 Å². The van der Waals surface area contributed by atoms with Gasteiger partial charge in [0.25, 0.3) is 0 Å². The Morgan fingerprint density at radius 3 is 1.47 bits per heavy atom. The molecule has 0 unspecified atom stereocenters. The van der Waals surface area contributed by atoms with Crippen LogP contribution in [0.5, 0.6) is 17.2 Å². The lowest BCUT2D eigenvalue weighted by atomic mass is 9.95. The molecule has 0 aliphatic rings. The van der Waals surface area contributed by atoms with Gasteiger partial charge in [0, 0.05) is 11.1 Å². The normalized spacial score (nSPS) is 9.70. The van der Waals surface area contributed by atoms with Crippen molar-refractivity contribution in [2.75, 3.05) is 21.3 Å². The van der Waals surface area contributed by atoms with Gasteiger partial charge in [-0.05, 0) is 71.3 Å². The van der Waals surface area contributed by atoms with E-state index < -0.39 is 0 Å². The van der Waals surface area contributed by atoms with Crippen molar-refractivity contribution in [2.24, 2.45) is 0 Å². The average Bonchev–Trinajstić information content (AvgIpc) is 2.81. The van der Waals surface area contributed by atoms with Gasteiger partial charge >= 0.3 is 0 Å². The predicted octanol–water partition coefficient (Wildman–Crippen LogP) is 5.75. The van der Waals surface area contributed by atoms with Crippen molar-refractivity contribution in [3.63, 3.8) is 0 Å². The highest BCUT2D eigenvalue weighted by atomic mass is 16.5.